The number of fused-ring (bicyclic) bond motifs is 2. The lowest BCUT2D eigenvalue weighted by molar-refractivity contribution is -0.129. The molecule has 0 aliphatic carbocycles. The SMILES string of the molecule is CC(=O)N1CCc2c(c(N3CCCc4cc(-c5ccc(CCC6CCNCC6)nc5)c(C(F)F)cc43)nn2C2CCOCC2)C1. The van der Waals surface area contributed by atoms with Gasteiger partial charge in [0.1, 0.15) is 0 Å². The number of benzene rings is 1. The number of nitrogens with zero attached hydrogens (tertiary/aromatic N) is 5. The summed E-state index contributed by atoms with van der Waals surface area (Å²) in [5, 5.41) is 8.61. The van der Waals surface area contributed by atoms with Crippen LogP contribution in [0.25, 0.3) is 11.1 Å². The van der Waals surface area contributed by atoms with Gasteiger partial charge >= 0.3 is 0 Å². The summed E-state index contributed by atoms with van der Waals surface area (Å²) in [7, 11) is 0. The van der Waals surface area contributed by atoms with Crippen molar-refractivity contribution < 1.29 is 18.3 Å². The third-order valence-corrected chi connectivity index (χ3v) is 10.3. The highest BCUT2D eigenvalue weighted by atomic mass is 19.3. The van der Waals surface area contributed by atoms with Crippen molar-refractivity contribution in [2.75, 3.05) is 44.3 Å². The molecule has 2 fully saturated rings. The molecule has 1 amide bonds. The maximum Gasteiger partial charge on any atom is 0.264 e. The monoisotopic (exact) mass is 618 g/mol. The fourth-order valence-corrected chi connectivity index (χ4v) is 7.70. The Kier molecular flexibility index (Phi) is 8.86. The van der Waals surface area contributed by atoms with Gasteiger partial charge in [-0.3, -0.25) is 14.5 Å². The van der Waals surface area contributed by atoms with Gasteiger partial charge in [0.25, 0.3) is 6.43 Å². The molecule has 45 heavy (non-hydrogen) atoms. The van der Waals surface area contributed by atoms with Crippen LogP contribution in [0.4, 0.5) is 20.3 Å². The predicted octanol–water partition coefficient (Wildman–Crippen LogP) is 6.16. The fraction of sp³-hybridized carbons (Fsp3) is 0.571. The molecule has 7 rings (SSSR count). The molecule has 0 spiro atoms. The van der Waals surface area contributed by atoms with Gasteiger partial charge in [-0.2, -0.15) is 5.10 Å². The van der Waals surface area contributed by atoms with E-state index in [1.165, 1.54) is 18.5 Å². The van der Waals surface area contributed by atoms with Crippen LogP contribution in [0.2, 0.25) is 0 Å². The first kappa shape index (κ1) is 30.3. The number of hydrogen-bond donors (Lipinski definition) is 1. The number of rotatable bonds is 7. The molecule has 8 nitrogen and oxygen atoms in total. The molecule has 240 valence electrons. The number of alkyl halides is 2. The van der Waals surface area contributed by atoms with E-state index in [0.717, 1.165) is 97.8 Å². The largest absolute Gasteiger partial charge is 0.381 e. The van der Waals surface area contributed by atoms with E-state index in [-0.39, 0.29) is 17.5 Å². The van der Waals surface area contributed by atoms with E-state index in [0.29, 0.717) is 38.4 Å². The molecule has 10 heteroatoms. The van der Waals surface area contributed by atoms with Crippen LogP contribution in [0.15, 0.2) is 30.5 Å². The minimum atomic E-state index is -2.63. The van der Waals surface area contributed by atoms with Crippen molar-refractivity contribution in [1.82, 2.24) is 25.0 Å². The Morgan fingerprint density at radius 2 is 1.91 bits per heavy atom. The lowest BCUT2D eigenvalue weighted by Gasteiger charge is -2.33. The van der Waals surface area contributed by atoms with E-state index in [1.54, 1.807) is 19.2 Å². The summed E-state index contributed by atoms with van der Waals surface area (Å²) < 4.78 is 37.3. The zero-order valence-corrected chi connectivity index (χ0v) is 26.2. The molecular weight excluding hydrogens is 574 g/mol. The Morgan fingerprint density at radius 1 is 1.09 bits per heavy atom. The molecule has 0 unspecified atom stereocenters. The number of amides is 1. The molecule has 3 aromatic rings. The first-order valence-corrected chi connectivity index (χ1v) is 16.8. The standard InChI is InChI=1S/C35H44F2N6O2/c1-23(44)41-16-10-32-31(22-41)35(40-43(32)28-11-17-45-18-12-28)42-15-2-3-25-19-29(30(34(36)37)20-33(25)42)26-5-7-27(39-21-26)6-4-24-8-13-38-14-9-24/h5,7,19-21,24,28,34,38H,2-4,6,8-18,22H2,1H3. The molecule has 0 saturated carbocycles. The minimum absolute atomic E-state index is 0.0213. The summed E-state index contributed by atoms with van der Waals surface area (Å²) in [6.45, 7) is 7.03. The Balaban J connectivity index is 1.21. The molecule has 4 aliphatic heterocycles. The number of hydrogen-bond acceptors (Lipinski definition) is 6. The number of nitrogens with one attached hydrogen (secondary N) is 1. The number of halogens is 2. The summed E-state index contributed by atoms with van der Waals surface area (Å²) in [5.41, 5.74) is 6.38. The molecular formula is C35H44F2N6O2. The fourth-order valence-electron chi connectivity index (χ4n) is 7.70. The lowest BCUT2D eigenvalue weighted by atomic mass is 9.91. The molecule has 0 atom stereocenters. The maximum absolute atomic E-state index is 14.8. The number of carbonyl (C=O) groups is 1. The Labute approximate surface area is 264 Å². The van der Waals surface area contributed by atoms with Crippen molar-refractivity contribution in [3.05, 3.63) is 58.5 Å². The van der Waals surface area contributed by atoms with Crippen LogP contribution in [0.3, 0.4) is 0 Å². The normalized spacial score (nSPS) is 19.6. The smallest absolute Gasteiger partial charge is 0.264 e. The number of pyridine rings is 1. The molecule has 1 N–H and O–H groups in total. The second-order valence-electron chi connectivity index (χ2n) is 13.1. The number of carbonyl (C=O) groups excluding carboxylic acids is 1. The number of aromatic nitrogens is 3. The molecule has 2 aromatic heterocycles. The van der Waals surface area contributed by atoms with Crippen LogP contribution in [-0.4, -0.2) is 65.0 Å². The number of ether oxygens (including phenoxy) is 1. The van der Waals surface area contributed by atoms with E-state index in [2.05, 4.69) is 14.9 Å². The van der Waals surface area contributed by atoms with Gasteiger partial charge in [0, 0.05) is 79.6 Å². The first-order valence-electron chi connectivity index (χ1n) is 16.8. The summed E-state index contributed by atoms with van der Waals surface area (Å²) >= 11 is 0. The quantitative estimate of drug-likeness (QED) is 0.342. The van der Waals surface area contributed by atoms with Gasteiger partial charge in [0.05, 0.1) is 12.6 Å². The highest BCUT2D eigenvalue weighted by Crippen LogP contribution is 2.43. The molecule has 1 aromatic carbocycles. The second-order valence-corrected chi connectivity index (χ2v) is 13.1. The first-order chi connectivity index (χ1) is 22.0. The lowest BCUT2D eigenvalue weighted by Crippen LogP contribution is -2.36. The van der Waals surface area contributed by atoms with Crippen LogP contribution in [-0.2, 0) is 35.3 Å². The van der Waals surface area contributed by atoms with Crippen LogP contribution in [0.1, 0.15) is 86.0 Å². The van der Waals surface area contributed by atoms with E-state index in [9.17, 15) is 13.6 Å². The van der Waals surface area contributed by atoms with Crippen LogP contribution in [0.5, 0.6) is 0 Å². The highest BCUT2D eigenvalue weighted by molar-refractivity contribution is 5.78. The predicted molar refractivity (Wildman–Crippen MR) is 170 cm³/mol. The Morgan fingerprint density at radius 3 is 2.64 bits per heavy atom. The van der Waals surface area contributed by atoms with Crippen molar-refractivity contribution in [2.45, 2.75) is 83.7 Å². The van der Waals surface area contributed by atoms with Gasteiger partial charge in [0.2, 0.25) is 5.91 Å². The van der Waals surface area contributed by atoms with Crippen molar-refractivity contribution in [3.63, 3.8) is 0 Å². The van der Waals surface area contributed by atoms with Crippen LogP contribution in [0, 0.1) is 5.92 Å². The van der Waals surface area contributed by atoms with E-state index < -0.39 is 6.43 Å². The average molecular weight is 619 g/mol. The average Bonchev–Trinajstić information content (AvgIpc) is 3.46. The maximum atomic E-state index is 14.8. The number of anilines is 2. The molecule has 4 aliphatic rings. The molecule has 2 saturated heterocycles. The molecule has 0 bridgehead atoms. The van der Waals surface area contributed by atoms with Crippen LogP contribution >= 0.6 is 0 Å². The second kappa shape index (κ2) is 13.2. The topological polar surface area (TPSA) is 75.5 Å². The zero-order valence-electron chi connectivity index (χ0n) is 26.2. The van der Waals surface area contributed by atoms with Crippen molar-refractivity contribution in [2.24, 2.45) is 5.92 Å². The van der Waals surface area contributed by atoms with E-state index >= 15 is 0 Å². The Bertz CT molecular complexity index is 1510. The van der Waals surface area contributed by atoms with Crippen molar-refractivity contribution in [3.8, 4) is 11.1 Å². The third kappa shape index (κ3) is 6.23. The van der Waals surface area contributed by atoms with Gasteiger partial charge < -0.3 is 19.9 Å². The molecule has 6 heterocycles. The van der Waals surface area contributed by atoms with Crippen LogP contribution < -0.4 is 10.2 Å². The van der Waals surface area contributed by atoms with Gasteiger partial charge in [-0.25, -0.2) is 8.78 Å². The van der Waals surface area contributed by atoms with Crippen molar-refractivity contribution in [1.29, 1.82) is 0 Å². The van der Waals surface area contributed by atoms with Gasteiger partial charge in [0.15, 0.2) is 5.82 Å². The summed E-state index contributed by atoms with van der Waals surface area (Å²) in [6, 6.07) is 7.85. The van der Waals surface area contributed by atoms with E-state index in [1.807, 2.05) is 23.1 Å². The minimum Gasteiger partial charge on any atom is -0.381 e. The van der Waals surface area contributed by atoms with Gasteiger partial charge in [-0.15, -0.1) is 0 Å². The summed E-state index contributed by atoms with van der Waals surface area (Å²) in [5.74, 6) is 1.57. The van der Waals surface area contributed by atoms with Crippen molar-refractivity contribution >= 4 is 17.4 Å². The number of piperidine rings is 1. The molecule has 0 radical (unpaired) electrons. The summed E-state index contributed by atoms with van der Waals surface area (Å²) in [4.78, 5) is 21.1. The number of aryl methyl sites for hydroxylation is 2. The Hall–Kier alpha value is -3.37. The highest BCUT2D eigenvalue weighted by Gasteiger charge is 2.34. The van der Waals surface area contributed by atoms with Gasteiger partial charge in [-0.1, -0.05) is 6.07 Å². The zero-order chi connectivity index (χ0) is 30.9. The van der Waals surface area contributed by atoms with E-state index in [4.69, 9.17) is 14.8 Å². The summed E-state index contributed by atoms with van der Waals surface area (Å²) in [6.07, 6.45) is 7.81. The van der Waals surface area contributed by atoms with Gasteiger partial charge in [-0.05, 0) is 99.7 Å². The third-order valence-electron chi connectivity index (χ3n) is 10.3.